The van der Waals surface area contributed by atoms with Gasteiger partial charge in [0.25, 0.3) is 0 Å². The fourth-order valence-electron chi connectivity index (χ4n) is 1.55. The Bertz CT molecular complexity index is 570. The number of anilines is 1. The average molecular weight is 274 g/mol. The van der Waals surface area contributed by atoms with Crippen LogP contribution in [0.5, 0.6) is 5.75 Å². The van der Waals surface area contributed by atoms with Crippen molar-refractivity contribution >= 4 is 23.5 Å². The lowest BCUT2D eigenvalue weighted by Crippen LogP contribution is -2.16. The van der Waals surface area contributed by atoms with E-state index < -0.39 is 6.09 Å². The van der Waals surface area contributed by atoms with Gasteiger partial charge in [-0.05, 0) is 35.9 Å². The van der Waals surface area contributed by atoms with Gasteiger partial charge in [-0.15, -0.1) is 11.8 Å². The van der Waals surface area contributed by atoms with Crippen LogP contribution in [0, 0.1) is 0 Å². The zero-order valence-corrected chi connectivity index (χ0v) is 11.0. The number of carbonyl (C=O) groups is 1. The highest BCUT2D eigenvalue weighted by molar-refractivity contribution is 7.98. The summed E-state index contributed by atoms with van der Waals surface area (Å²) in [5.74, 6) is 1.24. The SMILES string of the molecule is NC(=O)Oc1ccc(SCc2ccccc2N)cc1. The van der Waals surface area contributed by atoms with Crippen LogP contribution in [0.2, 0.25) is 0 Å². The van der Waals surface area contributed by atoms with E-state index in [2.05, 4.69) is 0 Å². The van der Waals surface area contributed by atoms with Crippen molar-refractivity contribution in [3.63, 3.8) is 0 Å². The molecule has 0 aromatic heterocycles. The smallest absolute Gasteiger partial charge is 0.409 e. The number of benzene rings is 2. The zero-order chi connectivity index (χ0) is 13.7. The van der Waals surface area contributed by atoms with Crippen LogP contribution in [0.15, 0.2) is 53.4 Å². The van der Waals surface area contributed by atoms with Gasteiger partial charge in [-0.1, -0.05) is 18.2 Å². The molecule has 0 aliphatic carbocycles. The number of nitrogen functional groups attached to an aromatic ring is 1. The lowest BCUT2D eigenvalue weighted by molar-refractivity contribution is 0.211. The first-order valence-electron chi connectivity index (χ1n) is 5.68. The monoisotopic (exact) mass is 274 g/mol. The summed E-state index contributed by atoms with van der Waals surface area (Å²) in [4.78, 5) is 11.7. The predicted octanol–water partition coefficient (Wildman–Crippen LogP) is 3.02. The van der Waals surface area contributed by atoms with E-state index in [1.165, 1.54) is 0 Å². The van der Waals surface area contributed by atoms with E-state index in [0.29, 0.717) is 5.75 Å². The number of hydrogen-bond acceptors (Lipinski definition) is 4. The molecule has 0 radical (unpaired) electrons. The zero-order valence-electron chi connectivity index (χ0n) is 10.2. The Kier molecular flexibility index (Phi) is 4.30. The Balaban J connectivity index is 1.97. The van der Waals surface area contributed by atoms with Crippen LogP contribution in [-0.4, -0.2) is 6.09 Å². The molecule has 19 heavy (non-hydrogen) atoms. The van der Waals surface area contributed by atoms with Gasteiger partial charge in [0.1, 0.15) is 5.75 Å². The highest BCUT2D eigenvalue weighted by atomic mass is 32.2. The Hall–Kier alpha value is -2.14. The van der Waals surface area contributed by atoms with Crippen molar-refractivity contribution in [3.05, 3.63) is 54.1 Å². The van der Waals surface area contributed by atoms with Crippen LogP contribution < -0.4 is 16.2 Å². The molecule has 2 rings (SSSR count). The van der Waals surface area contributed by atoms with Crippen molar-refractivity contribution in [1.82, 2.24) is 0 Å². The van der Waals surface area contributed by atoms with E-state index in [4.69, 9.17) is 16.2 Å². The first-order valence-corrected chi connectivity index (χ1v) is 6.67. The van der Waals surface area contributed by atoms with Crippen molar-refractivity contribution in [2.45, 2.75) is 10.6 Å². The Labute approximate surface area is 115 Å². The predicted molar refractivity (Wildman–Crippen MR) is 77.1 cm³/mol. The van der Waals surface area contributed by atoms with Gasteiger partial charge < -0.3 is 16.2 Å². The van der Waals surface area contributed by atoms with Gasteiger partial charge in [0, 0.05) is 16.3 Å². The molecule has 0 fully saturated rings. The molecule has 0 bridgehead atoms. The highest BCUT2D eigenvalue weighted by Crippen LogP contribution is 2.26. The summed E-state index contributed by atoms with van der Waals surface area (Å²) in [7, 11) is 0. The number of ether oxygens (including phenoxy) is 1. The number of primary amides is 1. The Morgan fingerprint density at radius 2 is 1.79 bits per heavy atom. The summed E-state index contributed by atoms with van der Waals surface area (Å²) < 4.78 is 4.76. The first-order chi connectivity index (χ1) is 9.15. The standard InChI is InChI=1S/C14H14N2O2S/c15-13-4-2-1-3-10(13)9-19-12-7-5-11(6-8-12)18-14(16)17/h1-8H,9,15H2,(H2,16,17). The van der Waals surface area contributed by atoms with Gasteiger partial charge in [0.15, 0.2) is 0 Å². The van der Waals surface area contributed by atoms with Crippen molar-refractivity contribution < 1.29 is 9.53 Å². The molecule has 2 aromatic rings. The van der Waals surface area contributed by atoms with Gasteiger partial charge in [-0.2, -0.15) is 0 Å². The van der Waals surface area contributed by atoms with E-state index in [0.717, 1.165) is 21.9 Å². The minimum Gasteiger partial charge on any atom is -0.411 e. The molecule has 0 aliphatic rings. The van der Waals surface area contributed by atoms with Gasteiger partial charge in [0.2, 0.25) is 0 Å². The van der Waals surface area contributed by atoms with E-state index in [1.807, 2.05) is 36.4 Å². The maximum absolute atomic E-state index is 10.6. The normalized spacial score (nSPS) is 10.1. The average Bonchev–Trinajstić information content (AvgIpc) is 2.39. The Morgan fingerprint density at radius 3 is 2.42 bits per heavy atom. The van der Waals surface area contributed by atoms with Gasteiger partial charge >= 0.3 is 6.09 Å². The summed E-state index contributed by atoms with van der Waals surface area (Å²) in [6.07, 6.45) is -0.808. The molecule has 2 aromatic carbocycles. The van der Waals surface area contributed by atoms with Crippen LogP contribution in [-0.2, 0) is 5.75 Å². The first kappa shape index (κ1) is 13.3. The highest BCUT2D eigenvalue weighted by Gasteiger charge is 2.02. The topological polar surface area (TPSA) is 78.3 Å². The van der Waals surface area contributed by atoms with Crippen LogP contribution in [0.3, 0.4) is 0 Å². The molecule has 5 heteroatoms. The van der Waals surface area contributed by atoms with Crippen LogP contribution in [0.25, 0.3) is 0 Å². The van der Waals surface area contributed by atoms with Crippen molar-refractivity contribution in [2.24, 2.45) is 5.73 Å². The summed E-state index contributed by atoms with van der Waals surface area (Å²) in [5.41, 5.74) is 12.7. The second-order valence-electron chi connectivity index (χ2n) is 3.88. The van der Waals surface area contributed by atoms with E-state index in [-0.39, 0.29) is 0 Å². The van der Waals surface area contributed by atoms with Crippen molar-refractivity contribution in [1.29, 1.82) is 0 Å². The van der Waals surface area contributed by atoms with Crippen molar-refractivity contribution in [2.75, 3.05) is 5.73 Å². The summed E-state index contributed by atoms with van der Waals surface area (Å²) >= 11 is 1.66. The largest absolute Gasteiger partial charge is 0.411 e. The third kappa shape index (κ3) is 3.93. The molecule has 0 unspecified atom stereocenters. The molecule has 0 atom stereocenters. The molecule has 0 heterocycles. The second-order valence-corrected chi connectivity index (χ2v) is 4.93. The molecular weight excluding hydrogens is 260 g/mol. The Morgan fingerprint density at radius 1 is 1.11 bits per heavy atom. The van der Waals surface area contributed by atoms with Crippen molar-refractivity contribution in [3.8, 4) is 5.75 Å². The summed E-state index contributed by atoms with van der Waals surface area (Å²) in [5, 5.41) is 0. The minimum absolute atomic E-state index is 0.441. The maximum Gasteiger partial charge on any atom is 0.409 e. The second kappa shape index (κ2) is 6.15. The van der Waals surface area contributed by atoms with E-state index in [9.17, 15) is 4.79 Å². The molecule has 0 saturated carbocycles. The van der Waals surface area contributed by atoms with Gasteiger partial charge in [-0.3, -0.25) is 0 Å². The molecular formula is C14H14N2O2S. The van der Waals surface area contributed by atoms with E-state index in [1.54, 1.807) is 23.9 Å². The summed E-state index contributed by atoms with van der Waals surface area (Å²) in [6.45, 7) is 0. The van der Waals surface area contributed by atoms with Crippen LogP contribution >= 0.6 is 11.8 Å². The van der Waals surface area contributed by atoms with Crippen LogP contribution in [0.4, 0.5) is 10.5 Å². The lowest BCUT2D eigenvalue weighted by Gasteiger charge is -2.06. The number of rotatable bonds is 4. The molecule has 4 N–H and O–H groups in total. The fourth-order valence-corrected chi connectivity index (χ4v) is 2.46. The summed E-state index contributed by atoms with van der Waals surface area (Å²) in [6, 6.07) is 15.0. The number of amides is 1. The maximum atomic E-state index is 10.6. The van der Waals surface area contributed by atoms with Gasteiger partial charge in [-0.25, -0.2) is 4.79 Å². The molecule has 0 saturated heterocycles. The number of thioether (sulfide) groups is 1. The van der Waals surface area contributed by atoms with Gasteiger partial charge in [0.05, 0.1) is 0 Å². The fraction of sp³-hybridized carbons (Fsp3) is 0.0714. The number of para-hydroxylation sites is 1. The molecule has 98 valence electrons. The number of hydrogen-bond donors (Lipinski definition) is 2. The molecule has 0 aliphatic heterocycles. The molecule has 0 spiro atoms. The number of carbonyl (C=O) groups excluding carboxylic acids is 1. The van der Waals surface area contributed by atoms with E-state index >= 15 is 0 Å². The third-order valence-electron chi connectivity index (χ3n) is 2.49. The molecule has 4 nitrogen and oxygen atoms in total. The lowest BCUT2D eigenvalue weighted by atomic mass is 10.2. The third-order valence-corrected chi connectivity index (χ3v) is 3.55. The number of nitrogens with two attached hydrogens (primary N) is 2. The minimum atomic E-state index is -0.808. The van der Waals surface area contributed by atoms with Crippen LogP contribution in [0.1, 0.15) is 5.56 Å². The molecule has 1 amide bonds. The quantitative estimate of drug-likeness (QED) is 0.663.